The second kappa shape index (κ2) is 4.69. The van der Waals surface area contributed by atoms with Crippen LogP contribution in [-0.2, 0) is 11.2 Å². The summed E-state index contributed by atoms with van der Waals surface area (Å²) in [6.45, 7) is 5.33. The maximum atomic E-state index is 12.0. The summed E-state index contributed by atoms with van der Waals surface area (Å²) in [5, 5.41) is 13.6. The number of ether oxygens (including phenoxy) is 1. The molecule has 2 rings (SSSR count). The highest BCUT2D eigenvalue weighted by atomic mass is 16.6. The molecule has 98 valence electrons. The van der Waals surface area contributed by atoms with E-state index < -0.39 is 11.7 Å². The van der Waals surface area contributed by atoms with E-state index >= 15 is 0 Å². The Morgan fingerprint density at radius 3 is 2.89 bits per heavy atom. The lowest BCUT2D eigenvalue weighted by Crippen LogP contribution is -2.28. The molecule has 19 heavy (non-hydrogen) atoms. The molecule has 0 spiro atoms. The predicted octanol–water partition coefficient (Wildman–Crippen LogP) is 2.28. The van der Waals surface area contributed by atoms with Crippen LogP contribution in [0.25, 0.3) is 11.0 Å². The molecule has 0 fully saturated rings. The van der Waals surface area contributed by atoms with Crippen molar-refractivity contribution in [1.29, 1.82) is 5.26 Å². The number of nitriles is 1. The van der Waals surface area contributed by atoms with Crippen LogP contribution in [0, 0.1) is 11.3 Å². The van der Waals surface area contributed by atoms with Crippen molar-refractivity contribution in [2.75, 3.05) is 0 Å². The van der Waals surface area contributed by atoms with Crippen molar-refractivity contribution in [1.82, 2.24) is 14.8 Å². The van der Waals surface area contributed by atoms with Crippen LogP contribution in [0.4, 0.5) is 4.79 Å². The largest absolute Gasteiger partial charge is 0.442 e. The van der Waals surface area contributed by atoms with Gasteiger partial charge in [-0.25, -0.2) is 9.78 Å². The van der Waals surface area contributed by atoms with Crippen LogP contribution >= 0.6 is 0 Å². The molecule has 2 aromatic heterocycles. The Bertz CT molecular complexity index is 661. The van der Waals surface area contributed by atoms with Crippen molar-refractivity contribution >= 4 is 17.1 Å². The molecule has 0 atom stereocenters. The summed E-state index contributed by atoms with van der Waals surface area (Å²) in [6, 6.07) is 5.54. The predicted molar refractivity (Wildman–Crippen MR) is 68.5 cm³/mol. The lowest BCUT2D eigenvalue weighted by atomic mass is 10.2. The number of pyridine rings is 1. The van der Waals surface area contributed by atoms with E-state index in [-0.39, 0.29) is 6.42 Å². The molecule has 6 heteroatoms. The Labute approximate surface area is 110 Å². The van der Waals surface area contributed by atoms with Crippen LogP contribution in [0.15, 0.2) is 18.3 Å². The third-order valence-corrected chi connectivity index (χ3v) is 2.33. The van der Waals surface area contributed by atoms with Crippen molar-refractivity contribution < 1.29 is 9.53 Å². The molecular weight excluding hydrogens is 244 g/mol. The molecule has 0 aromatic carbocycles. The van der Waals surface area contributed by atoms with Gasteiger partial charge in [0.2, 0.25) is 0 Å². The summed E-state index contributed by atoms with van der Waals surface area (Å²) in [5.41, 5.74) is 0.318. The monoisotopic (exact) mass is 258 g/mol. The highest BCUT2D eigenvalue weighted by Gasteiger charge is 2.22. The Balaban J connectivity index is 2.49. The lowest BCUT2D eigenvalue weighted by Gasteiger charge is -2.18. The molecule has 0 amide bonds. The first-order chi connectivity index (χ1) is 8.92. The molecule has 2 aromatic rings. The standard InChI is InChI=1S/C13H14N4O2/c1-13(2,3)19-12(18)17-11-9(5-4-8-15-11)10(16-17)6-7-14/h4-5,8H,6H2,1-3H3. The van der Waals surface area contributed by atoms with Crippen LogP contribution < -0.4 is 0 Å². The SMILES string of the molecule is CC(C)(C)OC(=O)n1nc(CC#N)c2cccnc21. The van der Waals surface area contributed by atoms with Crippen LogP contribution in [-0.4, -0.2) is 26.5 Å². The highest BCUT2D eigenvalue weighted by Crippen LogP contribution is 2.18. The van der Waals surface area contributed by atoms with Crippen LogP contribution in [0.5, 0.6) is 0 Å². The first-order valence-corrected chi connectivity index (χ1v) is 5.85. The molecule has 0 saturated carbocycles. The second-order valence-electron chi connectivity index (χ2n) is 5.05. The van der Waals surface area contributed by atoms with Gasteiger partial charge in [0.15, 0.2) is 5.65 Å². The average molecular weight is 258 g/mol. The number of carbonyl (C=O) groups excluding carboxylic acids is 1. The number of fused-ring (bicyclic) bond motifs is 1. The van der Waals surface area contributed by atoms with Gasteiger partial charge in [0, 0.05) is 11.6 Å². The van der Waals surface area contributed by atoms with Crippen LogP contribution in [0.3, 0.4) is 0 Å². The molecule has 6 nitrogen and oxygen atoms in total. The van der Waals surface area contributed by atoms with E-state index in [1.54, 1.807) is 39.1 Å². The Morgan fingerprint density at radius 2 is 2.26 bits per heavy atom. The fourth-order valence-electron chi connectivity index (χ4n) is 1.65. The fraction of sp³-hybridized carbons (Fsp3) is 0.385. The summed E-state index contributed by atoms with van der Waals surface area (Å²) in [7, 11) is 0. The van der Waals surface area contributed by atoms with E-state index in [9.17, 15) is 4.79 Å². The van der Waals surface area contributed by atoms with E-state index in [1.807, 2.05) is 6.07 Å². The number of rotatable bonds is 1. The summed E-state index contributed by atoms with van der Waals surface area (Å²) >= 11 is 0. The van der Waals surface area contributed by atoms with Crippen molar-refractivity contribution in [3.05, 3.63) is 24.0 Å². The minimum absolute atomic E-state index is 0.123. The van der Waals surface area contributed by atoms with Gasteiger partial charge in [-0.1, -0.05) is 0 Å². The molecule has 0 aliphatic heterocycles. The highest BCUT2D eigenvalue weighted by molar-refractivity contribution is 5.87. The third-order valence-electron chi connectivity index (χ3n) is 2.33. The normalized spacial score (nSPS) is 11.3. The van der Waals surface area contributed by atoms with E-state index in [4.69, 9.17) is 10.00 Å². The van der Waals surface area contributed by atoms with Gasteiger partial charge in [0.25, 0.3) is 0 Å². The van der Waals surface area contributed by atoms with Gasteiger partial charge in [-0.05, 0) is 32.9 Å². The molecule has 2 heterocycles. The minimum atomic E-state index is -0.612. The minimum Gasteiger partial charge on any atom is -0.442 e. The van der Waals surface area contributed by atoms with E-state index in [2.05, 4.69) is 10.1 Å². The topological polar surface area (TPSA) is 80.8 Å². The molecule has 0 unspecified atom stereocenters. The van der Waals surface area contributed by atoms with Gasteiger partial charge < -0.3 is 4.74 Å². The maximum absolute atomic E-state index is 12.0. The zero-order valence-corrected chi connectivity index (χ0v) is 11.0. The zero-order chi connectivity index (χ0) is 14.0. The van der Waals surface area contributed by atoms with Gasteiger partial charge in [-0.2, -0.15) is 10.4 Å². The van der Waals surface area contributed by atoms with Crippen LogP contribution in [0.2, 0.25) is 0 Å². The smallest absolute Gasteiger partial charge is 0.437 e. The molecule has 0 bridgehead atoms. The van der Waals surface area contributed by atoms with Crippen LogP contribution in [0.1, 0.15) is 26.5 Å². The summed E-state index contributed by atoms with van der Waals surface area (Å²) in [4.78, 5) is 16.2. The third kappa shape index (κ3) is 2.71. The molecule has 0 radical (unpaired) electrons. The van der Waals surface area contributed by atoms with Crippen molar-refractivity contribution in [2.24, 2.45) is 0 Å². The van der Waals surface area contributed by atoms with E-state index in [0.29, 0.717) is 16.7 Å². The Morgan fingerprint density at radius 1 is 1.53 bits per heavy atom. The summed E-state index contributed by atoms with van der Waals surface area (Å²) < 4.78 is 6.37. The molecule has 0 aliphatic rings. The number of nitrogens with zero attached hydrogens (tertiary/aromatic N) is 4. The fourth-order valence-corrected chi connectivity index (χ4v) is 1.65. The summed E-state index contributed by atoms with van der Waals surface area (Å²) in [5.74, 6) is 0. The number of hydrogen-bond acceptors (Lipinski definition) is 5. The number of aromatic nitrogens is 3. The molecule has 0 saturated heterocycles. The quantitative estimate of drug-likeness (QED) is 0.783. The zero-order valence-electron chi connectivity index (χ0n) is 11.0. The second-order valence-corrected chi connectivity index (χ2v) is 5.05. The van der Waals surface area contributed by atoms with E-state index in [1.165, 1.54) is 0 Å². The van der Waals surface area contributed by atoms with Crippen molar-refractivity contribution in [3.8, 4) is 6.07 Å². The van der Waals surface area contributed by atoms with Gasteiger partial charge in [0.1, 0.15) is 5.60 Å². The van der Waals surface area contributed by atoms with Gasteiger partial charge in [-0.15, -0.1) is 4.68 Å². The first-order valence-electron chi connectivity index (χ1n) is 5.85. The average Bonchev–Trinajstić information content (AvgIpc) is 2.67. The van der Waals surface area contributed by atoms with E-state index in [0.717, 1.165) is 4.68 Å². The molecule has 0 aliphatic carbocycles. The number of hydrogen-bond donors (Lipinski definition) is 0. The number of carbonyl (C=O) groups is 1. The van der Waals surface area contributed by atoms with Gasteiger partial charge in [-0.3, -0.25) is 0 Å². The molecular formula is C13H14N4O2. The lowest BCUT2D eigenvalue weighted by molar-refractivity contribution is 0.0521. The van der Waals surface area contributed by atoms with Crippen molar-refractivity contribution in [3.63, 3.8) is 0 Å². The van der Waals surface area contributed by atoms with Crippen molar-refractivity contribution in [2.45, 2.75) is 32.8 Å². The van der Waals surface area contributed by atoms with Gasteiger partial charge >= 0.3 is 6.09 Å². The first kappa shape index (κ1) is 13.0. The Kier molecular flexibility index (Phi) is 3.21. The Hall–Kier alpha value is -2.42. The summed E-state index contributed by atoms with van der Waals surface area (Å²) in [6.07, 6.45) is 1.10. The van der Waals surface area contributed by atoms with Gasteiger partial charge in [0.05, 0.1) is 18.2 Å². The maximum Gasteiger partial charge on any atom is 0.437 e. The molecule has 0 N–H and O–H groups in total.